The van der Waals surface area contributed by atoms with Gasteiger partial charge in [0, 0.05) is 50.8 Å². The molecular weight excluding hydrogens is 370 g/mol. The van der Waals surface area contributed by atoms with Crippen LogP contribution in [0.3, 0.4) is 0 Å². The van der Waals surface area contributed by atoms with Crippen LogP contribution in [0.1, 0.15) is 18.4 Å². The van der Waals surface area contributed by atoms with Gasteiger partial charge in [0.1, 0.15) is 5.82 Å². The lowest BCUT2D eigenvalue weighted by atomic mass is 10.0. The van der Waals surface area contributed by atoms with Crippen LogP contribution in [0.2, 0.25) is 5.28 Å². The molecule has 2 heterocycles. The number of piperidine rings is 1. The number of para-hydroxylation sites is 2. The van der Waals surface area contributed by atoms with Crippen LogP contribution < -0.4 is 10.2 Å². The highest BCUT2D eigenvalue weighted by atomic mass is 35.5. The van der Waals surface area contributed by atoms with E-state index in [-0.39, 0.29) is 0 Å². The molecule has 0 aliphatic carbocycles. The van der Waals surface area contributed by atoms with Gasteiger partial charge in [0.25, 0.3) is 0 Å². The number of rotatable bonds is 5. The Bertz CT molecular complexity index is 951. The standard InChI is InChI=1S/C22H26ClN5/c1-27(2)20-10-6-3-7-16(20)15-28-13-11-17(12-14-28)24-21-18-8-4-5-9-19(18)25-22(23)26-21/h3-10,17H,11-15H2,1-2H3,(H,24,25,26). The predicted molar refractivity (Wildman–Crippen MR) is 117 cm³/mol. The Morgan fingerprint density at radius 2 is 1.75 bits per heavy atom. The molecule has 0 radical (unpaired) electrons. The lowest BCUT2D eigenvalue weighted by molar-refractivity contribution is 0.211. The number of anilines is 2. The summed E-state index contributed by atoms with van der Waals surface area (Å²) in [6, 6.07) is 17.0. The summed E-state index contributed by atoms with van der Waals surface area (Å²) in [4.78, 5) is 13.5. The van der Waals surface area contributed by atoms with Gasteiger partial charge in [-0.15, -0.1) is 0 Å². The maximum atomic E-state index is 6.12. The fourth-order valence-corrected chi connectivity index (χ4v) is 4.08. The van der Waals surface area contributed by atoms with Crippen molar-refractivity contribution >= 4 is 34.0 Å². The molecule has 0 spiro atoms. The first kappa shape index (κ1) is 19.0. The number of benzene rings is 2. The zero-order chi connectivity index (χ0) is 19.5. The molecule has 1 aromatic heterocycles. The highest BCUT2D eigenvalue weighted by Gasteiger charge is 2.21. The summed E-state index contributed by atoms with van der Waals surface area (Å²) in [7, 11) is 4.21. The molecule has 146 valence electrons. The van der Waals surface area contributed by atoms with Gasteiger partial charge in [-0.3, -0.25) is 4.90 Å². The van der Waals surface area contributed by atoms with Gasteiger partial charge in [0.05, 0.1) is 5.52 Å². The van der Waals surface area contributed by atoms with E-state index in [9.17, 15) is 0 Å². The van der Waals surface area contributed by atoms with E-state index >= 15 is 0 Å². The van der Waals surface area contributed by atoms with Crippen molar-refractivity contribution in [1.82, 2.24) is 14.9 Å². The first-order valence-electron chi connectivity index (χ1n) is 9.76. The van der Waals surface area contributed by atoms with E-state index in [2.05, 4.69) is 63.4 Å². The van der Waals surface area contributed by atoms with E-state index in [1.165, 1.54) is 11.3 Å². The number of likely N-dealkylation sites (tertiary alicyclic amines) is 1. The van der Waals surface area contributed by atoms with Gasteiger partial charge in [-0.05, 0) is 48.2 Å². The average molecular weight is 396 g/mol. The molecule has 1 fully saturated rings. The molecule has 2 aromatic carbocycles. The molecule has 1 N–H and O–H groups in total. The van der Waals surface area contributed by atoms with Gasteiger partial charge in [0.15, 0.2) is 0 Å². The largest absolute Gasteiger partial charge is 0.377 e. The Morgan fingerprint density at radius 1 is 1.04 bits per heavy atom. The summed E-state index contributed by atoms with van der Waals surface area (Å²) in [5.74, 6) is 0.840. The van der Waals surface area contributed by atoms with Gasteiger partial charge in [-0.2, -0.15) is 0 Å². The highest BCUT2D eigenvalue weighted by Crippen LogP contribution is 2.26. The van der Waals surface area contributed by atoms with Gasteiger partial charge >= 0.3 is 0 Å². The fourth-order valence-electron chi connectivity index (χ4n) is 3.91. The molecule has 1 aliphatic rings. The number of aromatic nitrogens is 2. The second kappa shape index (κ2) is 8.33. The van der Waals surface area contributed by atoms with E-state index in [4.69, 9.17) is 11.6 Å². The minimum atomic E-state index is 0.291. The lowest BCUT2D eigenvalue weighted by Gasteiger charge is -2.33. The number of hydrogen-bond donors (Lipinski definition) is 1. The molecule has 1 saturated heterocycles. The molecule has 5 nitrogen and oxygen atoms in total. The number of nitrogens with zero attached hydrogens (tertiary/aromatic N) is 4. The minimum absolute atomic E-state index is 0.291. The van der Waals surface area contributed by atoms with Crippen molar-refractivity contribution in [1.29, 1.82) is 0 Å². The maximum absolute atomic E-state index is 6.12. The summed E-state index contributed by atoms with van der Waals surface area (Å²) in [5.41, 5.74) is 3.56. The smallest absolute Gasteiger partial charge is 0.224 e. The van der Waals surface area contributed by atoms with Gasteiger partial charge in [-0.25, -0.2) is 9.97 Å². The molecule has 0 bridgehead atoms. The first-order chi connectivity index (χ1) is 13.6. The molecule has 0 amide bonds. The second-order valence-corrected chi connectivity index (χ2v) is 7.91. The number of nitrogens with one attached hydrogen (secondary N) is 1. The Hall–Kier alpha value is -2.37. The van der Waals surface area contributed by atoms with Crippen molar-refractivity contribution in [2.75, 3.05) is 37.4 Å². The summed E-state index contributed by atoms with van der Waals surface area (Å²) in [5, 5.41) is 4.92. The third-order valence-electron chi connectivity index (χ3n) is 5.37. The maximum Gasteiger partial charge on any atom is 0.224 e. The normalized spacial score (nSPS) is 15.7. The van der Waals surface area contributed by atoms with Crippen LogP contribution in [0.25, 0.3) is 10.9 Å². The molecule has 6 heteroatoms. The van der Waals surface area contributed by atoms with E-state index in [1.54, 1.807) is 0 Å². The SMILES string of the molecule is CN(C)c1ccccc1CN1CCC(Nc2nc(Cl)nc3ccccc23)CC1. The third-order valence-corrected chi connectivity index (χ3v) is 5.54. The van der Waals surface area contributed by atoms with Crippen molar-refractivity contribution < 1.29 is 0 Å². The first-order valence-corrected chi connectivity index (χ1v) is 10.1. The summed E-state index contributed by atoms with van der Waals surface area (Å²) >= 11 is 6.12. The van der Waals surface area contributed by atoms with E-state index in [1.807, 2.05) is 24.3 Å². The van der Waals surface area contributed by atoms with E-state index in [0.29, 0.717) is 11.3 Å². The molecule has 0 atom stereocenters. The topological polar surface area (TPSA) is 44.3 Å². The van der Waals surface area contributed by atoms with Crippen LogP contribution >= 0.6 is 11.6 Å². The molecule has 0 unspecified atom stereocenters. The fraction of sp³-hybridized carbons (Fsp3) is 0.364. The second-order valence-electron chi connectivity index (χ2n) is 7.58. The van der Waals surface area contributed by atoms with Crippen molar-refractivity contribution in [2.24, 2.45) is 0 Å². The lowest BCUT2D eigenvalue weighted by Crippen LogP contribution is -2.39. The minimum Gasteiger partial charge on any atom is -0.377 e. The molecule has 4 rings (SSSR count). The quantitative estimate of drug-likeness (QED) is 0.647. The molecule has 1 aliphatic heterocycles. The molecule has 0 saturated carbocycles. The number of halogens is 1. The number of hydrogen-bond acceptors (Lipinski definition) is 5. The van der Waals surface area contributed by atoms with Crippen LogP contribution in [0.15, 0.2) is 48.5 Å². The summed E-state index contributed by atoms with van der Waals surface area (Å²) in [6.45, 7) is 3.12. The summed E-state index contributed by atoms with van der Waals surface area (Å²) < 4.78 is 0. The Kier molecular flexibility index (Phi) is 5.64. The summed E-state index contributed by atoms with van der Waals surface area (Å²) in [6.07, 6.45) is 2.17. The van der Waals surface area contributed by atoms with Crippen molar-refractivity contribution in [3.8, 4) is 0 Å². The molecule has 28 heavy (non-hydrogen) atoms. The van der Waals surface area contributed by atoms with Crippen LogP contribution in [-0.2, 0) is 6.54 Å². The van der Waals surface area contributed by atoms with Crippen LogP contribution in [0.4, 0.5) is 11.5 Å². The zero-order valence-corrected chi connectivity index (χ0v) is 17.2. The molecular formula is C22H26ClN5. The van der Waals surface area contributed by atoms with Crippen LogP contribution in [0, 0.1) is 0 Å². The monoisotopic (exact) mass is 395 g/mol. The third kappa shape index (κ3) is 4.21. The van der Waals surface area contributed by atoms with Gasteiger partial charge in [0.2, 0.25) is 5.28 Å². The Labute approximate surface area is 171 Å². The van der Waals surface area contributed by atoms with Gasteiger partial charge in [-0.1, -0.05) is 30.3 Å². The number of fused-ring (bicyclic) bond motifs is 1. The van der Waals surface area contributed by atoms with Crippen LogP contribution in [0.5, 0.6) is 0 Å². The molecule has 3 aromatic rings. The van der Waals surface area contributed by atoms with Gasteiger partial charge < -0.3 is 10.2 Å². The van der Waals surface area contributed by atoms with E-state index < -0.39 is 0 Å². The van der Waals surface area contributed by atoms with Crippen molar-refractivity contribution in [3.05, 3.63) is 59.4 Å². The zero-order valence-electron chi connectivity index (χ0n) is 16.4. The van der Waals surface area contributed by atoms with Crippen LogP contribution in [-0.4, -0.2) is 48.1 Å². The van der Waals surface area contributed by atoms with E-state index in [0.717, 1.165) is 49.2 Å². The Balaban J connectivity index is 1.40. The Morgan fingerprint density at radius 3 is 2.54 bits per heavy atom. The van der Waals surface area contributed by atoms with Crippen molar-refractivity contribution in [3.63, 3.8) is 0 Å². The average Bonchev–Trinajstić information content (AvgIpc) is 2.69. The highest BCUT2D eigenvalue weighted by molar-refractivity contribution is 6.28. The van der Waals surface area contributed by atoms with Crippen molar-refractivity contribution in [2.45, 2.75) is 25.4 Å². The predicted octanol–water partition coefficient (Wildman–Crippen LogP) is 4.43.